The molecule has 0 heterocycles. The lowest BCUT2D eigenvalue weighted by molar-refractivity contribution is -0.00340. The molecular formula is C10H13F2NO. The summed E-state index contributed by atoms with van der Waals surface area (Å²) in [6.07, 6.45) is -4.27. The number of halogens is 2. The maximum Gasteiger partial charge on any atom is 0.265 e. The quantitative estimate of drug-likeness (QED) is 0.754. The van der Waals surface area contributed by atoms with E-state index in [0.717, 1.165) is 5.56 Å². The molecule has 1 unspecified atom stereocenters. The van der Waals surface area contributed by atoms with Gasteiger partial charge < -0.3 is 10.4 Å². The SMILES string of the molecule is OC(CNCc1ccccc1)C(F)F. The topological polar surface area (TPSA) is 32.3 Å². The van der Waals surface area contributed by atoms with Gasteiger partial charge in [0, 0.05) is 13.1 Å². The summed E-state index contributed by atoms with van der Waals surface area (Å²) in [7, 11) is 0. The van der Waals surface area contributed by atoms with Crippen LogP contribution in [0.5, 0.6) is 0 Å². The van der Waals surface area contributed by atoms with Gasteiger partial charge in [-0.3, -0.25) is 0 Å². The molecule has 0 amide bonds. The zero-order chi connectivity index (χ0) is 10.4. The molecule has 0 saturated carbocycles. The van der Waals surface area contributed by atoms with Gasteiger partial charge in [-0.2, -0.15) is 0 Å². The lowest BCUT2D eigenvalue weighted by atomic mass is 10.2. The van der Waals surface area contributed by atoms with E-state index in [2.05, 4.69) is 5.32 Å². The van der Waals surface area contributed by atoms with Gasteiger partial charge in [-0.1, -0.05) is 30.3 Å². The molecule has 0 fully saturated rings. The van der Waals surface area contributed by atoms with E-state index < -0.39 is 12.5 Å². The summed E-state index contributed by atoms with van der Waals surface area (Å²) in [6.45, 7) is 0.400. The average Bonchev–Trinajstić information content (AvgIpc) is 2.19. The van der Waals surface area contributed by atoms with Crippen molar-refractivity contribution in [2.75, 3.05) is 6.54 Å². The number of benzene rings is 1. The number of hydrogen-bond donors (Lipinski definition) is 2. The van der Waals surface area contributed by atoms with Crippen LogP contribution in [0.3, 0.4) is 0 Å². The minimum absolute atomic E-state index is 0.0907. The highest BCUT2D eigenvalue weighted by Gasteiger charge is 2.15. The Morgan fingerprint density at radius 2 is 1.86 bits per heavy atom. The molecule has 0 saturated heterocycles. The molecule has 0 aliphatic rings. The van der Waals surface area contributed by atoms with E-state index >= 15 is 0 Å². The molecule has 0 bridgehead atoms. The van der Waals surface area contributed by atoms with Gasteiger partial charge in [0.05, 0.1) is 0 Å². The first-order valence-electron chi connectivity index (χ1n) is 4.41. The molecular weight excluding hydrogens is 188 g/mol. The summed E-state index contributed by atoms with van der Waals surface area (Å²) in [5.74, 6) is 0. The minimum atomic E-state index is -2.68. The Bertz CT molecular complexity index is 254. The zero-order valence-corrected chi connectivity index (χ0v) is 7.66. The fourth-order valence-corrected chi connectivity index (χ4v) is 1.05. The lowest BCUT2D eigenvalue weighted by Gasteiger charge is -2.10. The second-order valence-electron chi connectivity index (χ2n) is 3.02. The Labute approximate surface area is 81.6 Å². The van der Waals surface area contributed by atoms with Crippen LogP contribution in [0.25, 0.3) is 0 Å². The lowest BCUT2D eigenvalue weighted by Crippen LogP contribution is -2.31. The molecule has 1 aromatic carbocycles. The number of aliphatic hydroxyl groups is 1. The Hall–Kier alpha value is -1.00. The van der Waals surface area contributed by atoms with E-state index in [1.165, 1.54) is 0 Å². The van der Waals surface area contributed by atoms with Crippen molar-refractivity contribution in [1.29, 1.82) is 0 Å². The summed E-state index contributed by atoms with van der Waals surface area (Å²) < 4.78 is 23.7. The van der Waals surface area contributed by atoms with E-state index in [9.17, 15) is 8.78 Å². The first-order valence-corrected chi connectivity index (χ1v) is 4.41. The number of hydrogen-bond acceptors (Lipinski definition) is 2. The van der Waals surface area contributed by atoms with Gasteiger partial charge in [-0.25, -0.2) is 8.78 Å². The van der Waals surface area contributed by atoms with Crippen LogP contribution in [0.4, 0.5) is 8.78 Å². The molecule has 4 heteroatoms. The highest BCUT2D eigenvalue weighted by molar-refractivity contribution is 5.14. The summed E-state index contributed by atoms with van der Waals surface area (Å²) in [4.78, 5) is 0. The Morgan fingerprint density at radius 1 is 1.21 bits per heavy atom. The van der Waals surface area contributed by atoms with Gasteiger partial charge in [-0.05, 0) is 5.56 Å². The van der Waals surface area contributed by atoms with Gasteiger partial charge in [0.1, 0.15) is 6.10 Å². The van der Waals surface area contributed by atoms with Crippen LogP contribution in [-0.4, -0.2) is 24.2 Å². The maximum atomic E-state index is 11.9. The van der Waals surface area contributed by atoms with Crippen LogP contribution in [0.15, 0.2) is 30.3 Å². The van der Waals surface area contributed by atoms with Crippen LogP contribution in [0.1, 0.15) is 5.56 Å². The molecule has 0 aromatic heterocycles. The Morgan fingerprint density at radius 3 is 2.43 bits per heavy atom. The van der Waals surface area contributed by atoms with Crippen molar-refractivity contribution < 1.29 is 13.9 Å². The predicted octanol–water partition coefficient (Wildman–Crippen LogP) is 1.40. The van der Waals surface area contributed by atoms with Crippen LogP contribution < -0.4 is 5.32 Å². The second-order valence-corrected chi connectivity index (χ2v) is 3.02. The molecule has 14 heavy (non-hydrogen) atoms. The largest absolute Gasteiger partial charge is 0.386 e. The molecule has 0 aliphatic carbocycles. The minimum Gasteiger partial charge on any atom is -0.386 e. The number of rotatable bonds is 5. The van der Waals surface area contributed by atoms with Crippen molar-refractivity contribution in [2.45, 2.75) is 19.1 Å². The predicted molar refractivity (Wildman–Crippen MR) is 50.2 cm³/mol. The third kappa shape index (κ3) is 3.81. The van der Waals surface area contributed by atoms with E-state index in [1.807, 2.05) is 30.3 Å². The number of alkyl halides is 2. The molecule has 0 spiro atoms. The highest BCUT2D eigenvalue weighted by Crippen LogP contribution is 2.00. The van der Waals surface area contributed by atoms with Gasteiger partial charge >= 0.3 is 0 Å². The van der Waals surface area contributed by atoms with Crippen molar-refractivity contribution in [3.05, 3.63) is 35.9 Å². The maximum absolute atomic E-state index is 11.9. The Balaban J connectivity index is 2.22. The van der Waals surface area contributed by atoms with Crippen LogP contribution >= 0.6 is 0 Å². The normalized spacial score (nSPS) is 13.1. The molecule has 0 aliphatic heterocycles. The van der Waals surface area contributed by atoms with E-state index in [1.54, 1.807) is 0 Å². The molecule has 1 aromatic rings. The molecule has 2 N–H and O–H groups in total. The van der Waals surface area contributed by atoms with Crippen molar-refractivity contribution in [1.82, 2.24) is 5.32 Å². The van der Waals surface area contributed by atoms with E-state index in [0.29, 0.717) is 6.54 Å². The number of nitrogens with one attached hydrogen (secondary N) is 1. The van der Waals surface area contributed by atoms with Crippen LogP contribution in [-0.2, 0) is 6.54 Å². The van der Waals surface area contributed by atoms with E-state index in [4.69, 9.17) is 5.11 Å². The van der Waals surface area contributed by atoms with Gasteiger partial charge in [0.2, 0.25) is 0 Å². The number of aliphatic hydroxyl groups excluding tert-OH is 1. The first kappa shape index (κ1) is 11.1. The molecule has 78 valence electrons. The van der Waals surface area contributed by atoms with E-state index in [-0.39, 0.29) is 6.54 Å². The van der Waals surface area contributed by atoms with Crippen molar-refractivity contribution in [3.63, 3.8) is 0 Å². The molecule has 2 nitrogen and oxygen atoms in total. The molecule has 1 rings (SSSR count). The zero-order valence-electron chi connectivity index (χ0n) is 7.66. The molecule has 0 radical (unpaired) electrons. The fraction of sp³-hybridized carbons (Fsp3) is 0.400. The summed E-state index contributed by atoms with van der Waals surface area (Å²) in [6, 6.07) is 9.42. The van der Waals surface area contributed by atoms with Crippen molar-refractivity contribution in [2.24, 2.45) is 0 Å². The van der Waals surface area contributed by atoms with Gasteiger partial charge in [-0.15, -0.1) is 0 Å². The summed E-state index contributed by atoms with van der Waals surface area (Å²) in [5, 5.41) is 11.5. The Kier molecular flexibility index (Phi) is 4.49. The van der Waals surface area contributed by atoms with Crippen molar-refractivity contribution in [3.8, 4) is 0 Å². The highest BCUT2D eigenvalue weighted by atomic mass is 19.3. The summed E-state index contributed by atoms with van der Waals surface area (Å²) in [5.41, 5.74) is 1.01. The molecule has 1 atom stereocenters. The van der Waals surface area contributed by atoms with Crippen LogP contribution in [0.2, 0.25) is 0 Å². The third-order valence-electron chi connectivity index (χ3n) is 1.82. The summed E-state index contributed by atoms with van der Waals surface area (Å²) >= 11 is 0. The van der Waals surface area contributed by atoms with Crippen molar-refractivity contribution >= 4 is 0 Å². The first-order chi connectivity index (χ1) is 6.70. The third-order valence-corrected chi connectivity index (χ3v) is 1.82. The van der Waals surface area contributed by atoms with Gasteiger partial charge in [0.15, 0.2) is 0 Å². The monoisotopic (exact) mass is 201 g/mol. The second kappa shape index (κ2) is 5.67. The standard InChI is InChI=1S/C10H13F2NO/c11-10(12)9(14)7-13-6-8-4-2-1-3-5-8/h1-5,9-10,13-14H,6-7H2. The van der Waals surface area contributed by atoms with Crippen LogP contribution in [0, 0.1) is 0 Å². The fourth-order valence-electron chi connectivity index (χ4n) is 1.05. The smallest absolute Gasteiger partial charge is 0.265 e. The van der Waals surface area contributed by atoms with Gasteiger partial charge in [0.25, 0.3) is 6.43 Å². The average molecular weight is 201 g/mol.